The van der Waals surface area contributed by atoms with Crippen LogP contribution in [-0.4, -0.2) is 0 Å². The Labute approximate surface area is 134 Å². The molecule has 0 aromatic heterocycles. The molecule has 0 bridgehead atoms. The summed E-state index contributed by atoms with van der Waals surface area (Å²) >= 11 is 0. The highest BCUT2D eigenvalue weighted by atomic mass is 14.1. The Balaban J connectivity index is 0.000000847. The van der Waals surface area contributed by atoms with Gasteiger partial charge in [0, 0.05) is 0 Å². The fourth-order valence-electron chi connectivity index (χ4n) is 2.69. The highest BCUT2D eigenvalue weighted by Crippen LogP contribution is 2.32. The van der Waals surface area contributed by atoms with Crippen LogP contribution in [0.5, 0.6) is 0 Å². The smallest absolute Gasteiger partial charge is 0.0146 e. The SMILES string of the molecule is CC.Cc1cc(-c2ccccc2)c(C)c(-c2ccccc2)c1. The van der Waals surface area contributed by atoms with Crippen molar-refractivity contribution >= 4 is 0 Å². The standard InChI is InChI=1S/C20H18.C2H6/c1-15-13-19(17-9-5-3-6-10-17)16(2)20(14-15)18-11-7-4-8-12-18;1-2/h3-14H,1-2H3;1-2H3. The van der Waals surface area contributed by atoms with Crippen LogP contribution in [0.1, 0.15) is 25.0 Å². The maximum Gasteiger partial charge on any atom is -0.0146 e. The summed E-state index contributed by atoms with van der Waals surface area (Å²) in [5.74, 6) is 0. The zero-order valence-electron chi connectivity index (χ0n) is 13.9. The average molecular weight is 288 g/mol. The third kappa shape index (κ3) is 3.46. The molecule has 0 unspecified atom stereocenters. The van der Waals surface area contributed by atoms with E-state index in [1.807, 2.05) is 13.8 Å². The van der Waals surface area contributed by atoms with E-state index < -0.39 is 0 Å². The summed E-state index contributed by atoms with van der Waals surface area (Å²) in [6.07, 6.45) is 0. The summed E-state index contributed by atoms with van der Waals surface area (Å²) in [6.45, 7) is 8.38. The van der Waals surface area contributed by atoms with Crippen LogP contribution in [0.4, 0.5) is 0 Å². The Morgan fingerprint density at radius 3 is 1.27 bits per heavy atom. The second kappa shape index (κ2) is 7.61. The van der Waals surface area contributed by atoms with E-state index in [0.29, 0.717) is 0 Å². The molecule has 0 heterocycles. The fourth-order valence-corrected chi connectivity index (χ4v) is 2.69. The van der Waals surface area contributed by atoms with Crippen molar-refractivity contribution in [3.05, 3.63) is 83.9 Å². The molecule has 22 heavy (non-hydrogen) atoms. The van der Waals surface area contributed by atoms with Gasteiger partial charge in [-0.05, 0) is 47.2 Å². The largest absolute Gasteiger partial charge is 0.0683 e. The Hall–Kier alpha value is -2.34. The van der Waals surface area contributed by atoms with Crippen molar-refractivity contribution < 1.29 is 0 Å². The Morgan fingerprint density at radius 1 is 0.545 bits per heavy atom. The lowest BCUT2D eigenvalue weighted by molar-refractivity contribution is 1.39. The lowest BCUT2D eigenvalue weighted by Gasteiger charge is -2.14. The third-order valence-electron chi connectivity index (χ3n) is 3.72. The first-order valence-corrected chi connectivity index (χ1v) is 7.98. The van der Waals surface area contributed by atoms with E-state index in [-0.39, 0.29) is 0 Å². The van der Waals surface area contributed by atoms with Gasteiger partial charge in [-0.15, -0.1) is 0 Å². The molecule has 0 nitrogen and oxygen atoms in total. The first kappa shape index (κ1) is 16.0. The monoisotopic (exact) mass is 288 g/mol. The van der Waals surface area contributed by atoms with Crippen molar-refractivity contribution in [2.24, 2.45) is 0 Å². The van der Waals surface area contributed by atoms with Crippen molar-refractivity contribution in [1.29, 1.82) is 0 Å². The molecule has 0 atom stereocenters. The Kier molecular flexibility index (Phi) is 5.55. The molecule has 0 spiro atoms. The van der Waals surface area contributed by atoms with E-state index in [2.05, 4.69) is 86.6 Å². The zero-order chi connectivity index (χ0) is 15.9. The molecular weight excluding hydrogens is 264 g/mol. The normalized spacial score (nSPS) is 9.82. The Morgan fingerprint density at radius 2 is 0.909 bits per heavy atom. The predicted molar refractivity (Wildman–Crippen MR) is 98.1 cm³/mol. The minimum absolute atomic E-state index is 1.28. The lowest BCUT2D eigenvalue weighted by atomic mass is 9.91. The van der Waals surface area contributed by atoms with Gasteiger partial charge >= 0.3 is 0 Å². The minimum Gasteiger partial charge on any atom is -0.0683 e. The molecule has 0 radical (unpaired) electrons. The summed E-state index contributed by atoms with van der Waals surface area (Å²) in [4.78, 5) is 0. The molecule has 0 aliphatic rings. The first-order chi connectivity index (χ1) is 10.8. The van der Waals surface area contributed by atoms with Gasteiger partial charge in [-0.3, -0.25) is 0 Å². The second-order valence-corrected chi connectivity index (χ2v) is 5.22. The molecule has 0 amide bonds. The predicted octanol–water partition coefficient (Wildman–Crippen LogP) is 6.66. The van der Waals surface area contributed by atoms with Gasteiger partial charge in [0.15, 0.2) is 0 Å². The molecular formula is C22H24. The van der Waals surface area contributed by atoms with Crippen LogP contribution in [0.15, 0.2) is 72.8 Å². The number of benzene rings is 3. The van der Waals surface area contributed by atoms with Crippen LogP contribution in [0.2, 0.25) is 0 Å². The highest BCUT2D eigenvalue weighted by molar-refractivity contribution is 5.79. The molecule has 0 heteroatoms. The summed E-state index contributed by atoms with van der Waals surface area (Å²) in [5, 5.41) is 0. The van der Waals surface area contributed by atoms with E-state index >= 15 is 0 Å². The molecule has 0 aliphatic carbocycles. The van der Waals surface area contributed by atoms with E-state index in [9.17, 15) is 0 Å². The molecule has 0 saturated carbocycles. The van der Waals surface area contributed by atoms with Crippen LogP contribution in [0.25, 0.3) is 22.3 Å². The van der Waals surface area contributed by atoms with Gasteiger partial charge in [-0.2, -0.15) is 0 Å². The second-order valence-electron chi connectivity index (χ2n) is 5.22. The molecule has 0 aliphatic heterocycles. The lowest BCUT2D eigenvalue weighted by Crippen LogP contribution is -1.90. The molecule has 3 aromatic carbocycles. The topological polar surface area (TPSA) is 0 Å². The molecule has 0 N–H and O–H groups in total. The van der Waals surface area contributed by atoms with Crippen LogP contribution < -0.4 is 0 Å². The molecule has 0 fully saturated rings. The van der Waals surface area contributed by atoms with Crippen molar-refractivity contribution in [3.8, 4) is 22.3 Å². The fraction of sp³-hybridized carbons (Fsp3) is 0.182. The summed E-state index contributed by atoms with van der Waals surface area (Å²) in [7, 11) is 0. The van der Waals surface area contributed by atoms with Gasteiger partial charge in [0.25, 0.3) is 0 Å². The summed E-state index contributed by atoms with van der Waals surface area (Å²) in [6, 6.07) is 25.8. The summed E-state index contributed by atoms with van der Waals surface area (Å²) < 4.78 is 0. The van der Waals surface area contributed by atoms with Gasteiger partial charge in [0.1, 0.15) is 0 Å². The van der Waals surface area contributed by atoms with Crippen molar-refractivity contribution in [1.82, 2.24) is 0 Å². The van der Waals surface area contributed by atoms with Gasteiger partial charge < -0.3 is 0 Å². The van der Waals surface area contributed by atoms with Gasteiger partial charge in [-0.25, -0.2) is 0 Å². The Bertz CT molecular complexity index is 649. The van der Waals surface area contributed by atoms with Crippen LogP contribution >= 0.6 is 0 Å². The molecule has 3 aromatic rings. The molecule has 3 rings (SSSR count). The van der Waals surface area contributed by atoms with Crippen molar-refractivity contribution in [2.45, 2.75) is 27.7 Å². The van der Waals surface area contributed by atoms with Crippen LogP contribution in [-0.2, 0) is 0 Å². The third-order valence-corrected chi connectivity index (χ3v) is 3.72. The zero-order valence-corrected chi connectivity index (χ0v) is 13.9. The highest BCUT2D eigenvalue weighted by Gasteiger charge is 2.09. The number of rotatable bonds is 2. The number of hydrogen-bond donors (Lipinski definition) is 0. The van der Waals surface area contributed by atoms with E-state index in [4.69, 9.17) is 0 Å². The molecule has 112 valence electrons. The number of aryl methyl sites for hydroxylation is 1. The summed E-state index contributed by atoms with van der Waals surface area (Å²) in [5.41, 5.74) is 7.85. The quantitative estimate of drug-likeness (QED) is 0.494. The van der Waals surface area contributed by atoms with Crippen molar-refractivity contribution in [3.63, 3.8) is 0 Å². The number of hydrogen-bond acceptors (Lipinski definition) is 0. The van der Waals surface area contributed by atoms with E-state index in [0.717, 1.165) is 0 Å². The van der Waals surface area contributed by atoms with E-state index in [1.54, 1.807) is 0 Å². The molecule has 0 saturated heterocycles. The van der Waals surface area contributed by atoms with Crippen LogP contribution in [0.3, 0.4) is 0 Å². The maximum absolute atomic E-state index is 2.27. The van der Waals surface area contributed by atoms with Crippen LogP contribution in [0, 0.1) is 13.8 Å². The van der Waals surface area contributed by atoms with Gasteiger partial charge in [0.2, 0.25) is 0 Å². The maximum atomic E-state index is 2.27. The first-order valence-electron chi connectivity index (χ1n) is 7.98. The van der Waals surface area contributed by atoms with Crippen molar-refractivity contribution in [2.75, 3.05) is 0 Å². The van der Waals surface area contributed by atoms with Gasteiger partial charge in [-0.1, -0.05) is 86.6 Å². The minimum atomic E-state index is 1.28. The van der Waals surface area contributed by atoms with Gasteiger partial charge in [0.05, 0.1) is 0 Å². The average Bonchev–Trinajstić information content (AvgIpc) is 2.60. The van der Waals surface area contributed by atoms with E-state index in [1.165, 1.54) is 33.4 Å².